The van der Waals surface area contributed by atoms with E-state index in [1.165, 1.54) is 5.56 Å². The van der Waals surface area contributed by atoms with Gasteiger partial charge in [-0.05, 0) is 49.1 Å². The molecule has 2 N–H and O–H groups in total. The van der Waals surface area contributed by atoms with Gasteiger partial charge in [-0.3, -0.25) is 24.4 Å². The van der Waals surface area contributed by atoms with Crippen molar-refractivity contribution in [1.29, 1.82) is 0 Å². The van der Waals surface area contributed by atoms with Crippen LogP contribution in [-0.2, 0) is 16.1 Å². The largest absolute Gasteiger partial charge is 0.346 e. The van der Waals surface area contributed by atoms with Crippen LogP contribution in [0.4, 0.5) is 5.69 Å². The Hall–Kier alpha value is -3.55. The first-order valence-electron chi connectivity index (χ1n) is 12.5. The molecular formula is C29H35N5O2. The average molecular weight is 486 g/mol. The molecule has 7 nitrogen and oxygen atoms in total. The second-order valence-electron chi connectivity index (χ2n) is 9.54. The highest BCUT2D eigenvalue weighted by Gasteiger charge is 2.27. The average Bonchev–Trinajstić information content (AvgIpc) is 2.88. The summed E-state index contributed by atoms with van der Waals surface area (Å²) in [6, 6.07) is 18.4. The molecule has 188 valence electrons. The van der Waals surface area contributed by atoms with Gasteiger partial charge >= 0.3 is 11.8 Å². The molecule has 1 saturated heterocycles. The van der Waals surface area contributed by atoms with Crippen molar-refractivity contribution < 1.29 is 9.59 Å². The van der Waals surface area contributed by atoms with Crippen molar-refractivity contribution in [2.45, 2.75) is 33.4 Å². The Morgan fingerprint density at radius 2 is 1.61 bits per heavy atom. The number of nitrogens with one attached hydrogen (secondary N) is 2. The van der Waals surface area contributed by atoms with E-state index in [0.717, 1.165) is 55.0 Å². The number of hydrogen-bond donors (Lipinski definition) is 2. The Morgan fingerprint density at radius 1 is 0.917 bits per heavy atom. The van der Waals surface area contributed by atoms with Crippen LogP contribution in [0, 0.1) is 20.8 Å². The molecule has 1 atom stereocenters. The van der Waals surface area contributed by atoms with Crippen LogP contribution in [0.5, 0.6) is 0 Å². The standard InChI is InChI=1S/C29H35N5O2/c1-21-16-22(2)27(23(3)17-21)32-29(36)28(35)31-19-26(25-10-7-11-30-18-25)34-14-12-33(13-15-34)20-24-8-5-4-6-9-24/h4-11,16-18,26H,12-15,19-20H2,1-3H3,(H,31,35)(H,32,36). The first-order valence-corrected chi connectivity index (χ1v) is 12.5. The number of rotatable bonds is 7. The second kappa shape index (κ2) is 11.9. The summed E-state index contributed by atoms with van der Waals surface area (Å²) >= 11 is 0. The Labute approximate surface area is 213 Å². The van der Waals surface area contributed by atoms with Crippen LogP contribution in [0.15, 0.2) is 67.0 Å². The molecule has 4 rings (SSSR count). The first-order chi connectivity index (χ1) is 17.4. The van der Waals surface area contributed by atoms with Gasteiger partial charge in [-0.1, -0.05) is 54.1 Å². The maximum Gasteiger partial charge on any atom is 0.313 e. The molecule has 0 aliphatic carbocycles. The number of amides is 2. The summed E-state index contributed by atoms with van der Waals surface area (Å²) in [5, 5.41) is 5.66. The van der Waals surface area contributed by atoms with Gasteiger partial charge in [0, 0.05) is 57.3 Å². The van der Waals surface area contributed by atoms with E-state index in [9.17, 15) is 9.59 Å². The molecule has 1 unspecified atom stereocenters. The third-order valence-electron chi connectivity index (χ3n) is 6.74. The van der Waals surface area contributed by atoms with E-state index in [-0.39, 0.29) is 6.04 Å². The Balaban J connectivity index is 1.37. The number of piperazine rings is 1. The predicted molar refractivity (Wildman–Crippen MR) is 143 cm³/mol. The molecule has 2 heterocycles. The van der Waals surface area contributed by atoms with Crippen LogP contribution < -0.4 is 10.6 Å². The number of pyridine rings is 1. The van der Waals surface area contributed by atoms with Crippen LogP contribution in [0.25, 0.3) is 0 Å². The summed E-state index contributed by atoms with van der Waals surface area (Å²) in [5.41, 5.74) is 6.03. The highest BCUT2D eigenvalue weighted by atomic mass is 16.2. The van der Waals surface area contributed by atoms with Crippen molar-refractivity contribution in [1.82, 2.24) is 20.1 Å². The molecule has 1 aliphatic heterocycles. The van der Waals surface area contributed by atoms with Gasteiger partial charge in [0.25, 0.3) is 0 Å². The van der Waals surface area contributed by atoms with E-state index in [4.69, 9.17) is 0 Å². The molecule has 7 heteroatoms. The molecule has 3 aromatic rings. The lowest BCUT2D eigenvalue weighted by Gasteiger charge is -2.39. The Kier molecular flexibility index (Phi) is 8.46. The topological polar surface area (TPSA) is 77.6 Å². The minimum atomic E-state index is -0.650. The number of anilines is 1. The molecule has 0 spiro atoms. The number of benzene rings is 2. The fraction of sp³-hybridized carbons (Fsp3) is 0.345. The normalized spacial score (nSPS) is 15.3. The Bertz CT molecular complexity index is 1150. The molecule has 0 saturated carbocycles. The number of aryl methyl sites for hydroxylation is 3. The number of aromatic nitrogens is 1. The summed E-state index contributed by atoms with van der Waals surface area (Å²) in [6.45, 7) is 10.8. The lowest BCUT2D eigenvalue weighted by atomic mass is 10.0. The Morgan fingerprint density at radius 3 is 2.25 bits per heavy atom. The van der Waals surface area contributed by atoms with Gasteiger partial charge in [-0.15, -0.1) is 0 Å². The van der Waals surface area contributed by atoms with Gasteiger partial charge in [-0.2, -0.15) is 0 Å². The predicted octanol–water partition coefficient (Wildman–Crippen LogP) is 3.62. The number of carbonyl (C=O) groups excluding carboxylic acids is 2. The summed E-state index contributed by atoms with van der Waals surface area (Å²) in [4.78, 5) is 34.5. The first kappa shape index (κ1) is 25.5. The summed E-state index contributed by atoms with van der Waals surface area (Å²) < 4.78 is 0. The van der Waals surface area contributed by atoms with Crippen LogP contribution in [0.2, 0.25) is 0 Å². The van der Waals surface area contributed by atoms with Crippen LogP contribution in [-0.4, -0.2) is 59.3 Å². The molecule has 2 aromatic carbocycles. The monoisotopic (exact) mass is 485 g/mol. The van der Waals surface area contributed by atoms with E-state index in [2.05, 4.69) is 49.7 Å². The van der Waals surface area contributed by atoms with Gasteiger partial charge in [0.2, 0.25) is 0 Å². The van der Waals surface area contributed by atoms with E-state index in [1.807, 2.05) is 57.3 Å². The smallest absolute Gasteiger partial charge is 0.313 e. The highest BCUT2D eigenvalue weighted by Crippen LogP contribution is 2.23. The lowest BCUT2D eigenvalue weighted by molar-refractivity contribution is -0.136. The maximum absolute atomic E-state index is 12.7. The molecule has 0 bridgehead atoms. The fourth-order valence-corrected chi connectivity index (χ4v) is 4.92. The zero-order chi connectivity index (χ0) is 25.5. The number of nitrogens with zero attached hydrogens (tertiary/aromatic N) is 3. The molecule has 1 fully saturated rings. The SMILES string of the molecule is Cc1cc(C)c(NC(=O)C(=O)NCC(c2cccnc2)N2CCN(Cc3ccccc3)CC2)c(C)c1. The molecule has 36 heavy (non-hydrogen) atoms. The zero-order valence-electron chi connectivity index (χ0n) is 21.3. The number of hydrogen-bond acceptors (Lipinski definition) is 5. The van der Waals surface area contributed by atoms with Crippen molar-refractivity contribution in [3.8, 4) is 0 Å². The van der Waals surface area contributed by atoms with E-state index in [0.29, 0.717) is 12.2 Å². The second-order valence-corrected chi connectivity index (χ2v) is 9.54. The van der Waals surface area contributed by atoms with Gasteiger partial charge in [0.15, 0.2) is 0 Å². The van der Waals surface area contributed by atoms with Gasteiger partial charge in [0.1, 0.15) is 0 Å². The minimum Gasteiger partial charge on any atom is -0.346 e. The van der Waals surface area contributed by atoms with E-state index < -0.39 is 11.8 Å². The van der Waals surface area contributed by atoms with E-state index >= 15 is 0 Å². The fourth-order valence-electron chi connectivity index (χ4n) is 4.92. The molecule has 0 radical (unpaired) electrons. The molecule has 1 aliphatic rings. The van der Waals surface area contributed by atoms with Gasteiger partial charge in [0.05, 0.1) is 6.04 Å². The molecule has 2 amide bonds. The summed E-state index contributed by atoms with van der Waals surface area (Å²) in [5.74, 6) is -1.28. The maximum atomic E-state index is 12.7. The third kappa shape index (κ3) is 6.56. The number of carbonyl (C=O) groups is 2. The van der Waals surface area contributed by atoms with Gasteiger partial charge < -0.3 is 10.6 Å². The highest BCUT2D eigenvalue weighted by molar-refractivity contribution is 6.39. The van der Waals surface area contributed by atoms with Crippen LogP contribution >= 0.6 is 0 Å². The van der Waals surface area contributed by atoms with Gasteiger partial charge in [-0.25, -0.2) is 0 Å². The molecule has 1 aromatic heterocycles. The van der Waals surface area contributed by atoms with Crippen LogP contribution in [0.1, 0.15) is 33.9 Å². The minimum absolute atomic E-state index is 0.0582. The van der Waals surface area contributed by atoms with Crippen molar-refractivity contribution in [2.75, 3.05) is 38.0 Å². The van der Waals surface area contributed by atoms with E-state index in [1.54, 1.807) is 6.20 Å². The van der Waals surface area contributed by atoms with Crippen molar-refractivity contribution in [3.63, 3.8) is 0 Å². The van der Waals surface area contributed by atoms with Crippen molar-refractivity contribution in [2.24, 2.45) is 0 Å². The van der Waals surface area contributed by atoms with Crippen molar-refractivity contribution >= 4 is 17.5 Å². The zero-order valence-corrected chi connectivity index (χ0v) is 21.3. The molecular weight excluding hydrogens is 450 g/mol. The van der Waals surface area contributed by atoms with Crippen LogP contribution in [0.3, 0.4) is 0 Å². The summed E-state index contributed by atoms with van der Waals surface area (Å²) in [7, 11) is 0. The van der Waals surface area contributed by atoms with Crippen molar-refractivity contribution in [3.05, 3.63) is 94.8 Å². The quantitative estimate of drug-likeness (QED) is 0.500. The third-order valence-corrected chi connectivity index (χ3v) is 6.74. The summed E-state index contributed by atoms with van der Waals surface area (Å²) in [6.07, 6.45) is 3.59. The lowest BCUT2D eigenvalue weighted by Crippen LogP contribution is -2.50.